The maximum absolute atomic E-state index is 11.8. The molecule has 0 aliphatic rings. The molecule has 0 atom stereocenters. The molecule has 0 saturated carbocycles. The van der Waals surface area contributed by atoms with Crippen molar-refractivity contribution in [3.8, 4) is 0 Å². The van der Waals surface area contributed by atoms with Crippen LogP contribution in [0, 0.1) is 0 Å². The van der Waals surface area contributed by atoms with Crippen LogP contribution in [0.3, 0.4) is 0 Å². The van der Waals surface area contributed by atoms with Crippen LogP contribution in [-0.2, 0) is 33.4 Å². The fraction of sp³-hybridized carbons (Fsp3) is 0.273. The van der Waals surface area contributed by atoms with Crippen molar-refractivity contribution in [1.82, 2.24) is 0 Å². The Balaban J connectivity index is 3.03. The van der Waals surface area contributed by atoms with Crippen molar-refractivity contribution < 1.29 is 31.7 Å². The Kier molecular flexibility index (Phi) is 5.02. The minimum absolute atomic E-state index is 0.187. The highest BCUT2D eigenvalue weighted by molar-refractivity contribution is 7.86. The SMILES string of the molecule is COC(=O)C(OS(=O)(=O)c1ccccc1)C(=O)OC. The molecule has 0 heterocycles. The molecular formula is C11H12O7S. The van der Waals surface area contributed by atoms with E-state index < -0.39 is 28.2 Å². The molecule has 0 spiro atoms. The van der Waals surface area contributed by atoms with Crippen LogP contribution in [0.2, 0.25) is 0 Å². The Labute approximate surface area is 110 Å². The summed E-state index contributed by atoms with van der Waals surface area (Å²) in [4.78, 5) is 22.4. The third-order valence-corrected chi connectivity index (χ3v) is 3.38. The first-order valence-corrected chi connectivity index (χ1v) is 6.47. The zero-order chi connectivity index (χ0) is 14.5. The van der Waals surface area contributed by atoms with Gasteiger partial charge in [0.15, 0.2) is 0 Å². The summed E-state index contributed by atoms with van der Waals surface area (Å²) in [5.74, 6) is -2.32. The molecule has 0 radical (unpaired) electrons. The van der Waals surface area contributed by atoms with Crippen LogP contribution in [0.25, 0.3) is 0 Å². The van der Waals surface area contributed by atoms with Gasteiger partial charge >= 0.3 is 11.9 Å². The number of esters is 2. The maximum Gasteiger partial charge on any atom is 0.348 e. The van der Waals surface area contributed by atoms with Crippen LogP contribution in [0.4, 0.5) is 0 Å². The van der Waals surface area contributed by atoms with Crippen LogP contribution in [0.5, 0.6) is 0 Å². The van der Waals surface area contributed by atoms with E-state index in [-0.39, 0.29) is 4.90 Å². The minimum atomic E-state index is -4.27. The second kappa shape index (κ2) is 6.30. The van der Waals surface area contributed by atoms with Gasteiger partial charge in [0.2, 0.25) is 0 Å². The summed E-state index contributed by atoms with van der Waals surface area (Å²) in [5, 5.41) is 0. The van der Waals surface area contributed by atoms with Gasteiger partial charge in [-0.3, -0.25) is 0 Å². The highest BCUT2D eigenvalue weighted by Crippen LogP contribution is 2.14. The second-order valence-electron chi connectivity index (χ2n) is 3.29. The van der Waals surface area contributed by atoms with Gasteiger partial charge < -0.3 is 9.47 Å². The number of hydrogen-bond donors (Lipinski definition) is 0. The number of carbonyl (C=O) groups excluding carboxylic acids is 2. The third kappa shape index (κ3) is 3.76. The Morgan fingerprint density at radius 1 is 1.00 bits per heavy atom. The molecule has 0 aliphatic heterocycles. The fourth-order valence-electron chi connectivity index (χ4n) is 1.16. The van der Waals surface area contributed by atoms with Gasteiger partial charge in [-0.05, 0) is 12.1 Å². The van der Waals surface area contributed by atoms with Crippen molar-refractivity contribution in [3.63, 3.8) is 0 Å². The van der Waals surface area contributed by atoms with E-state index in [0.717, 1.165) is 14.2 Å². The quantitative estimate of drug-likeness (QED) is 0.431. The van der Waals surface area contributed by atoms with E-state index in [9.17, 15) is 18.0 Å². The van der Waals surface area contributed by atoms with Crippen LogP contribution in [0.1, 0.15) is 0 Å². The number of rotatable bonds is 5. The minimum Gasteiger partial charge on any atom is -0.467 e. The predicted octanol–water partition coefficient (Wildman–Crippen LogP) is 0.106. The van der Waals surface area contributed by atoms with E-state index in [1.807, 2.05) is 0 Å². The number of carbonyl (C=O) groups is 2. The smallest absolute Gasteiger partial charge is 0.348 e. The molecule has 0 fully saturated rings. The van der Waals surface area contributed by atoms with Gasteiger partial charge in [-0.25, -0.2) is 13.8 Å². The van der Waals surface area contributed by atoms with Crippen LogP contribution in [0.15, 0.2) is 35.2 Å². The molecule has 0 saturated heterocycles. The summed E-state index contributed by atoms with van der Waals surface area (Å²) in [6.45, 7) is 0. The third-order valence-electron chi connectivity index (χ3n) is 2.09. The summed E-state index contributed by atoms with van der Waals surface area (Å²) in [5.41, 5.74) is 0. The van der Waals surface area contributed by atoms with Crippen LogP contribution in [-0.4, -0.2) is 40.7 Å². The lowest BCUT2D eigenvalue weighted by atomic mass is 10.4. The van der Waals surface area contributed by atoms with Crippen molar-refractivity contribution in [3.05, 3.63) is 30.3 Å². The largest absolute Gasteiger partial charge is 0.467 e. The van der Waals surface area contributed by atoms with Crippen molar-refractivity contribution in [2.75, 3.05) is 14.2 Å². The fourth-order valence-corrected chi connectivity index (χ4v) is 2.17. The standard InChI is InChI=1S/C11H12O7S/c1-16-10(12)9(11(13)17-2)18-19(14,15)8-6-4-3-5-7-8/h3-7,9H,1-2H3. The molecule has 0 bridgehead atoms. The lowest BCUT2D eigenvalue weighted by molar-refractivity contribution is -0.163. The Bertz CT molecular complexity index is 534. The average molecular weight is 288 g/mol. The van der Waals surface area contributed by atoms with Crippen molar-refractivity contribution in [2.24, 2.45) is 0 Å². The molecule has 19 heavy (non-hydrogen) atoms. The summed E-state index contributed by atoms with van der Waals surface area (Å²) in [7, 11) is -2.28. The maximum atomic E-state index is 11.8. The van der Waals surface area contributed by atoms with Gasteiger partial charge in [-0.15, -0.1) is 0 Å². The highest BCUT2D eigenvalue weighted by atomic mass is 32.2. The summed E-state index contributed by atoms with van der Waals surface area (Å²) >= 11 is 0. The molecule has 1 aromatic rings. The first-order chi connectivity index (χ1) is 8.92. The topological polar surface area (TPSA) is 96.0 Å². The summed E-state index contributed by atoms with van der Waals surface area (Å²) < 4.78 is 36.8. The normalized spacial score (nSPS) is 11.1. The Morgan fingerprint density at radius 3 is 1.89 bits per heavy atom. The zero-order valence-corrected chi connectivity index (χ0v) is 11.0. The van der Waals surface area contributed by atoms with Crippen molar-refractivity contribution in [1.29, 1.82) is 0 Å². The van der Waals surface area contributed by atoms with E-state index >= 15 is 0 Å². The second-order valence-corrected chi connectivity index (χ2v) is 4.86. The van der Waals surface area contributed by atoms with E-state index in [1.165, 1.54) is 24.3 Å². The molecule has 0 aromatic heterocycles. The molecule has 104 valence electrons. The van der Waals surface area contributed by atoms with E-state index in [2.05, 4.69) is 13.7 Å². The number of benzene rings is 1. The van der Waals surface area contributed by atoms with Gasteiger partial charge in [-0.2, -0.15) is 8.42 Å². The van der Waals surface area contributed by atoms with Gasteiger partial charge in [0, 0.05) is 0 Å². The Morgan fingerprint density at radius 2 is 1.47 bits per heavy atom. The molecule has 0 aliphatic carbocycles. The van der Waals surface area contributed by atoms with Crippen molar-refractivity contribution >= 4 is 22.1 Å². The monoisotopic (exact) mass is 288 g/mol. The first-order valence-electron chi connectivity index (χ1n) is 5.06. The summed E-state index contributed by atoms with van der Waals surface area (Å²) in [6.07, 6.45) is -1.99. The van der Waals surface area contributed by atoms with E-state index in [1.54, 1.807) is 6.07 Å². The van der Waals surface area contributed by atoms with Crippen LogP contribution < -0.4 is 0 Å². The van der Waals surface area contributed by atoms with E-state index in [4.69, 9.17) is 0 Å². The predicted molar refractivity (Wildman–Crippen MR) is 62.5 cm³/mol. The zero-order valence-electron chi connectivity index (χ0n) is 10.2. The number of methoxy groups -OCH3 is 2. The molecule has 1 aromatic carbocycles. The summed E-state index contributed by atoms with van der Waals surface area (Å²) in [6, 6.07) is 7.09. The lowest BCUT2D eigenvalue weighted by Crippen LogP contribution is -2.36. The van der Waals surface area contributed by atoms with Gasteiger partial charge in [0.1, 0.15) is 0 Å². The molecule has 8 heteroatoms. The van der Waals surface area contributed by atoms with Gasteiger partial charge in [0.25, 0.3) is 16.2 Å². The van der Waals surface area contributed by atoms with Gasteiger partial charge in [0.05, 0.1) is 19.1 Å². The molecular weight excluding hydrogens is 276 g/mol. The first kappa shape index (κ1) is 15.1. The lowest BCUT2D eigenvalue weighted by Gasteiger charge is -2.13. The van der Waals surface area contributed by atoms with Crippen LogP contribution >= 0.6 is 0 Å². The molecule has 1 rings (SSSR count). The molecule has 0 amide bonds. The molecule has 0 unspecified atom stereocenters. The highest BCUT2D eigenvalue weighted by Gasteiger charge is 2.35. The average Bonchev–Trinajstić information content (AvgIpc) is 2.44. The molecule has 7 nitrogen and oxygen atoms in total. The van der Waals surface area contributed by atoms with Gasteiger partial charge in [-0.1, -0.05) is 18.2 Å². The molecule has 0 N–H and O–H groups in total. The van der Waals surface area contributed by atoms with E-state index in [0.29, 0.717) is 0 Å². The number of hydrogen-bond acceptors (Lipinski definition) is 7. The Hall–Kier alpha value is -1.93. The van der Waals surface area contributed by atoms with Crippen molar-refractivity contribution in [2.45, 2.75) is 11.0 Å². The number of ether oxygens (including phenoxy) is 2.